The molecule has 26 heavy (non-hydrogen) atoms. The Morgan fingerprint density at radius 1 is 1.12 bits per heavy atom. The quantitative estimate of drug-likeness (QED) is 0.555. The van der Waals surface area contributed by atoms with E-state index in [4.69, 9.17) is 4.74 Å². The van der Waals surface area contributed by atoms with Crippen LogP contribution in [0.25, 0.3) is 0 Å². The van der Waals surface area contributed by atoms with Crippen molar-refractivity contribution in [3.63, 3.8) is 0 Å². The van der Waals surface area contributed by atoms with Crippen LogP contribution in [0.15, 0.2) is 43.0 Å². The van der Waals surface area contributed by atoms with Gasteiger partial charge in [-0.15, -0.1) is 6.58 Å². The van der Waals surface area contributed by atoms with E-state index in [1.165, 1.54) is 6.08 Å². The first-order valence-electron chi connectivity index (χ1n) is 8.72. The number of benzene rings is 1. The van der Waals surface area contributed by atoms with Crippen molar-refractivity contribution < 1.29 is 19.1 Å². The maximum atomic E-state index is 12.2. The third kappa shape index (κ3) is 6.23. The second-order valence-corrected chi connectivity index (χ2v) is 6.13. The molecule has 1 saturated heterocycles. The normalized spacial score (nSPS) is 14.4. The van der Waals surface area contributed by atoms with Crippen LogP contribution in [0.4, 0.5) is 0 Å². The van der Waals surface area contributed by atoms with Crippen LogP contribution in [0.3, 0.4) is 0 Å². The highest BCUT2D eigenvalue weighted by atomic mass is 16.5. The van der Waals surface area contributed by atoms with Crippen LogP contribution in [0.5, 0.6) is 5.75 Å². The van der Waals surface area contributed by atoms with E-state index in [2.05, 4.69) is 17.2 Å². The molecule has 0 spiro atoms. The monoisotopic (exact) mass is 359 g/mol. The Balaban J connectivity index is 1.65. The number of hydrogen-bond donors (Lipinski definition) is 2. The molecule has 0 unspecified atom stereocenters. The van der Waals surface area contributed by atoms with Gasteiger partial charge in [0.05, 0.1) is 0 Å². The van der Waals surface area contributed by atoms with Crippen LogP contribution in [0.1, 0.15) is 12.8 Å². The molecule has 1 aromatic carbocycles. The maximum Gasteiger partial charge on any atom is 0.309 e. The van der Waals surface area contributed by atoms with Crippen molar-refractivity contribution in [2.24, 2.45) is 5.92 Å². The van der Waals surface area contributed by atoms with Gasteiger partial charge in [-0.1, -0.05) is 24.3 Å². The molecule has 1 aliphatic rings. The number of nitrogens with one attached hydrogen (secondary N) is 2. The van der Waals surface area contributed by atoms with Gasteiger partial charge in [-0.2, -0.15) is 0 Å². The van der Waals surface area contributed by atoms with E-state index in [9.17, 15) is 14.4 Å². The first-order valence-corrected chi connectivity index (χ1v) is 8.72. The van der Waals surface area contributed by atoms with Gasteiger partial charge in [0.2, 0.25) is 0 Å². The Bertz CT molecular complexity index is 625. The number of carbonyl (C=O) groups is 3. The summed E-state index contributed by atoms with van der Waals surface area (Å²) in [6.07, 6.45) is 3.08. The van der Waals surface area contributed by atoms with Crippen LogP contribution in [0.2, 0.25) is 0 Å². The molecular formula is C19H25N3O4. The Hall–Kier alpha value is -2.83. The molecule has 1 aromatic rings. The number of rotatable bonds is 7. The Kier molecular flexibility index (Phi) is 7.67. The van der Waals surface area contributed by atoms with Gasteiger partial charge in [0.15, 0.2) is 6.61 Å². The second kappa shape index (κ2) is 10.2. The smallest absolute Gasteiger partial charge is 0.309 e. The molecule has 0 aromatic heterocycles. The van der Waals surface area contributed by atoms with Gasteiger partial charge in [0, 0.05) is 26.2 Å². The minimum atomic E-state index is -0.657. The Morgan fingerprint density at radius 2 is 1.77 bits per heavy atom. The maximum absolute atomic E-state index is 12.2. The van der Waals surface area contributed by atoms with Gasteiger partial charge >= 0.3 is 11.8 Å². The Morgan fingerprint density at radius 3 is 2.42 bits per heavy atom. The molecule has 2 N–H and O–H groups in total. The fourth-order valence-electron chi connectivity index (χ4n) is 2.70. The van der Waals surface area contributed by atoms with Crippen LogP contribution in [-0.2, 0) is 14.4 Å². The van der Waals surface area contributed by atoms with Crippen molar-refractivity contribution in [3.8, 4) is 5.75 Å². The summed E-state index contributed by atoms with van der Waals surface area (Å²) in [6.45, 7) is 5.44. The first-order chi connectivity index (χ1) is 12.6. The molecule has 1 fully saturated rings. The number of carbonyl (C=O) groups excluding carboxylic acids is 3. The largest absolute Gasteiger partial charge is 0.484 e. The average Bonchev–Trinajstić information content (AvgIpc) is 2.69. The summed E-state index contributed by atoms with van der Waals surface area (Å²) < 4.78 is 5.49. The van der Waals surface area contributed by atoms with E-state index in [0.29, 0.717) is 25.4 Å². The number of amides is 3. The SMILES string of the molecule is C=CCNC(=O)C(=O)NCC1CCN(C(=O)COc2ccccc2)CC1. The lowest BCUT2D eigenvalue weighted by Crippen LogP contribution is -2.45. The highest BCUT2D eigenvalue weighted by Crippen LogP contribution is 2.17. The molecule has 0 bridgehead atoms. The third-order valence-electron chi connectivity index (χ3n) is 4.24. The summed E-state index contributed by atoms with van der Waals surface area (Å²) in [5.74, 6) is -0.407. The van der Waals surface area contributed by atoms with E-state index in [1.807, 2.05) is 30.3 Å². The molecule has 7 nitrogen and oxygen atoms in total. The van der Waals surface area contributed by atoms with Crippen LogP contribution in [0, 0.1) is 5.92 Å². The number of piperidine rings is 1. The van der Waals surface area contributed by atoms with Gasteiger partial charge in [0.25, 0.3) is 5.91 Å². The van der Waals surface area contributed by atoms with E-state index < -0.39 is 11.8 Å². The summed E-state index contributed by atoms with van der Waals surface area (Å²) in [5, 5.41) is 5.07. The number of likely N-dealkylation sites (tertiary alicyclic amines) is 1. The van der Waals surface area contributed by atoms with Crippen LogP contribution >= 0.6 is 0 Å². The number of para-hydroxylation sites is 1. The topological polar surface area (TPSA) is 87.7 Å². The van der Waals surface area contributed by atoms with Crippen LogP contribution < -0.4 is 15.4 Å². The molecular weight excluding hydrogens is 334 g/mol. The number of hydrogen-bond acceptors (Lipinski definition) is 4. The van der Waals surface area contributed by atoms with Crippen LogP contribution in [-0.4, -0.2) is 55.4 Å². The van der Waals surface area contributed by atoms with Crippen molar-refractivity contribution in [1.82, 2.24) is 15.5 Å². The molecule has 0 radical (unpaired) electrons. The fraction of sp³-hybridized carbons (Fsp3) is 0.421. The highest BCUT2D eigenvalue weighted by molar-refractivity contribution is 6.35. The summed E-state index contributed by atoms with van der Waals surface area (Å²) >= 11 is 0. The standard InChI is InChI=1S/C19H25N3O4/c1-2-10-20-18(24)19(25)21-13-15-8-11-22(12-9-15)17(23)14-26-16-6-4-3-5-7-16/h2-7,15H,1,8-14H2,(H,20,24)(H,21,25). The fourth-order valence-corrected chi connectivity index (χ4v) is 2.70. The molecule has 2 rings (SSSR count). The lowest BCUT2D eigenvalue weighted by molar-refractivity contribution is -0.139. The molecule has 7 heteroatoms. The van der Waals surface area contributed by atoms with Gasteiger partial charge in [-0.05, 0) is 30.9 Å². The third-order valence-corrected chi connectivity index (χ3v) is 4.24. The summed E-state index contributed by atoms with van der Waals surface area (Å²) in [6, 6.07) is 9.23. The van der Waals surface area contributed by atoms with Crippen molar-refractivity contribution in [1.29, 1.82) is 0 Å². The highest BCUT2D eigenvalue weighted by Gasteiger charge is 2.24. The van der Waals surface area contributed by atoms with Crippen molar-refractivity contribution in [2.75, 3.05) is 32.8 Å². The number of nitrogens with zero attached hydrogens (tertiary/aromatic N) is 1. The first kappa shape index (κ1) is 19.5. The minimum absolute atomic E-state index is 0.0227. The molecule has 1 heterocycles. The van der Waals surface area contributed by atoms with Crippen molar-refractivity contribution in [3.05, 3.63) is 43.0 Å². The zero-order valence-electron chi connectivity index (χ0n) is 14.8. The van der Waals surface area contributed by atoms with E-state index in [1.54, 1.807) is 4.90 Å². The molecule has 1 aliphatic heterocycles. The molecule has 0 aliphatic carbocycles. The Labute approximate surface area is 153 Å². The lowest BCUT2D eigenvalue weighted by Gasteiger charge is -2.32. The molecule has 140 valence electrons. The van der Waals surface area contributed by atoms with Crippen molar-refractivity contribution in [2.45, 2.75) is 12.8 Å². The molecule has 0 saturated carbocycles. The lowest BCUT2D eigenvalue weighted by atomic mass is 9.97. The van der Waals surface area contributed by atoms with Gasteiger partial charge < -0.3 is 20.3 Å². The number of ether oxygens (including phenoxy) is 1. The molecule has 0 atom stereocenters. The van der Waals surface area contributed by atoms with E-state index in [0.717, 1.165) is 12.8 Å². The second-order valence-electron chi connectivity index (χ2n) is 6.13. The zero-order chi connectivity index (χ0) is 18.8. The predicted octanol–water partition coefficient (Wildman–Crippen LogP) is 0.722. The van der Waals surface area contributed by atoms with Gasteiger partial charge in [-0.3, -0.25) is 14.4 Å². The average molecular weight is 359 g/mol. The summed E-state index contributed by atoms with van der Waals surface area (Å²) in [7, 11) is 0. The minimum Gasteiger partial charge on any atom is -0.484 e. The zero-order valence-corrected chi connectivity index (χ0v) is 14.8. The van der Waals surface area contributed by atoms with Crippen molar-refractivity contribution >= 4 is 17.7 Å². The predicted molar refractivity (Wildman–Crippen MR) is 97.5 cm³/mol. The molecule has 3 amide bonds. The van der Waals surface area contributed by atoms with Gasteiger partial charge in [-0.25, -0.2) is 0 Å². The summed E-state index contributed by atoms with van der Waals surface area (Å²) in [5.41, 5.74) is 0. The van der Waals surface area contributed by atoms with E-state index >= 15 is 0 Å². The summed E-state index contributed by atoms with van der Waals surface area (Å²) in [4.78, 5) is 37.1. The van der Waals surface area contributed by atoms with E-state index in [-0.39, 0.29) is 25.0 Å². The van der Waals surface area contributed by atoms with Gasteiger partial charge in [0.1, 0.15) is 5.75 Å².